The average molecular weight is 274 g/mol. The van der Waals surface area contributed by atoms with Crippen molar-refractivity contribution in [2.24, 2.45) is 5.92 Å². The Hall–Kier alpha value is -1.79. The third-order valence-corrected chi connectivity index (χ3v) is 2.81. The van der Waals surface area contributed by atoms with Gasteiger partial charge in [-0.1, -0.05) is 31.4 Å². The van der Waals surface area contributed by atoms with Crippen LogP contribution in [0.25, 0.3) is 0 Å². The summed E-state index contributed by atoms with van der Waals surface area (Å²) in [5, 5.41) is 0.452. The minimum Gasteiger partial charge on any atom is -0.334 e. The Bertz CT molecular complexity index is 632. The van der Waals surface area contributed by atoms with Crippen LogP contribution in [0.5, 0.6) is 0 Å². The van der Waals surface area contributed by atoms with Crippen LogP contribution in [0.15, 0.2) is 24.5 Å². The Kier molecular flexibility index (Phi) is 4.24. The molecule has 2 rings (SSSR count). The van der Waals surface area contributed by atoms with Crippen molar-refractivity contribution in [1.82, 2.24) is 14.5 Å². The molecule has 0 saturated carbocycles. The summed E-state index contributed by atoms with van der Waals surface area (Å²) in [6.07, 6.45) is 3.64. The molecule has 3 nitrogen and oxygen atoms in total. The van der Waals surface area contributed by atoms with Crippen LogP contribution in [0.3, 0.4) is 0 Å². The first-order chi connectivity index (χ1) is 9.04. The van der Waals surface area contributed by atoms with E-state index >= 15 is 0 Å². The number of hydrogen-bond acceptors (Lipinski definition) is 2. The number of pyridine rings is 1. The van der Waals surface area contributed by atoms with Crippen LogP contribution in [0.4, 0.5) is 0 Å². The maximum atomic E-state index is 5.81. The van der Waals surface area contributed by atoms with E-state index in [1.54, 1.807) is 12.3 Å². The van der Waals surface area contributed by atoms with Gasteiger partial charge in [-0.05, 0) is 30.9 Å². The topological polar surface area (TPSA) is 30.7 Å². The van der Waals surface area contributed by atoms with Gasteiger partial charge in [-0.2, -0.15) is 0 Å². The number of hydrogen-bond donors (Lipinski definition) is 0. The van der Waals surface area contributed by atoms with Gasteiger partial charge in [-0.15, -0.1) is 0 Å². The first-order valence-electron chi connectivity index (χ1n) is 6.22. The molecule has 0 saturated heterocycles. The van der Waals surface area contributed by atoms with Crippen LogP contribution in [-0.2, 0) is 6.54 Å². The van der Waals surface area contributed by atoms with Crippen molar-refractivity contribution in [2.45, 2.75) is 27.3 Å². The highest BCUT2D eigenvalue weighted by atomic mass is 35.5. The molecule has 0 N–H and O–H groups in total. The molecule has 0 bridgehead atoms. The summed E-state index contributed by atoms with van der Waals surface area (Å²) in [7, 11) is 0. The van der Waals surface area contributed by atoms with Gasteiger partial charge in [-0.3, -0.25) is 0 Å². The third kappa shape index (κ3) is 3.84. The first kappa shape index (κ1) is 13.6. The molecule has 0 fully saturated rings. The number of aryl methyl sites for hydroxylation is 1. The van der Waals surface area contributed by atoms with Crippen molar-refractivity contribution in [1.29, 1.82) is 0 Å². The van der Waals surface area contributed by atoms with Crippen molar-refractivity contribution >= 4 is 11.6 Å². The predicted octanol–water partition coefficient (Wildman–Crippen LogP) is 3.30. The van der Waals surface area contributed by atoms with Gasteiger partial charge < -0.3 is 4.57 Å². The van der Waals surface area contributed by atoms with Crippen LogP contribution in [0.2, 0.25) is 5.15 Å². The molecular formula is C15H16ClN3. The zero-order valence-corrected chi connectivity index (χ0v) is 12.1. The fourth-order valence-corrected chi connectivity index (χ4v) is 1.94. The van der Waals surface area contributed by atoms with Crippen LogP contribution in [0.1, 0.15) is 30.9 Å². The first-order valence-corrected chi connectivity index (χ1v) is 6.59. The van der Waals surface area contributed by atoms with Gasteiger partial charge in [0.2, 0.25) is 0 Å². The van der Waals surface area contributed by atoms with E-state index < -0.39 is 0 Å². The fourth-order valence-electron chi connectivity index (χ4n) is 1.76. The molecule has 0 aliphatic carbocycles. The number of nitrogens with zero attached hydrogens (tertiary/aromatic N) is 3. The highest BCUT2D eigenvalue weighted by Gasteiger charge is 2.03. The number of halogens is 1. The van der Waals surface area contributed by atoms with Gasteiger partial charge in [0.15, 0.2) is 0 Å². The fraction of sp³-hybridized carbons (Fsp3) is 0.333. The van der Waals surface area contributed by atoms with Gasteiger partial charge in [0.1, 0.15) is 16.7 Å². The zero-order valence-electron chi connectivity index (χ0n) is 11.3. The van der Waals surface area contributed by atoms with E-state index in [0.717, 1.165) is 23.6 Å². The third-order valence-electron chi connectivity index (χ3n) is 2.60. The van der Waals surface area contributed by atoms with Gasteiger partial charge in [0.25, 0.3) is 0 Å². The molecule has 0 spiro atoms. The molecule has 0 atom stereocenters. The van der Waals surface area contributed by atoms with Crippen molar-refractivity contribution in [3.8, 4) is 11.8 Å². The standard InChI is InChI=1S/C15H16ClN3/c1-11(2)9-19-10-14(18-12(19)3)5-4-13-6-7-17-15(16)8-13/h6-8,10-11H,9H2,1-3H3. The molecule has 0 aromatic carbocycles. The normalized spacial score (nSPS) is 10.4. The summed E-state index contributed by atoms with van der Waals surface area (Å²) >= 11 is 5.81. The lowest BCUT2D eigenvalue weighted by atomic mass is 10.2. The Morgan fingerprint density at radius 1 is 1.37 bits per heavy atom. The molecule has 0 aliphatic heterocycles. The summed E-state index contributed by atoms with van der Waals surface area (Å²) in [6.45, 7) is 7.33. The second-order valence-electron chi connectivity index (χ2n) is 4.84. The van der Waals surface area contributed by atoms with E-state index in [2.05, 4.69) is 40.2 Å². The summed E-state index contributed by atoms with van der Waals surface area (Å²) in [4.78, 5) is 8.37. The van der Waals surface area contributed by atoms with Crippen LogP contribution < -0.4 is 0 Å². The quantitative estimate of drug-likeness (QED) is 0.621. The minimum atomic E-state index is 0.452. The predicted molar refractivity (Wildman–Crippen MR) is 77.0 cm³/mol. The molecule has 19 heavy (non-hydrogen) atoms. The highest BCUT2D eigenvalue weighted by molar-refractivity contribution is 6.29. The Morgan fingerprint density at radius 2 is 2.16 bits per heavy atom. The monoisotopic (exact) mass is 273 g/mol. The summed E-state index contributed by atoms with van der Waals surface area (Å²) < 4.78 is 2.13. The number of rotatable bonds is 2. The van der Waals surface area contributed by atoms with E-state index in [0.29, 0.717) is 11.1 Å². The lowest BCUT2D eigenvalue weighted by Gasteiger charge is -2.06. The van der Waals surface area contributed by atoms with E-state index in [4.69, 9.17) is 11.6 Å². The maximum Gasteiger partial charge on any atom is 0.131 e. The van der Waals surface area contributed by atoms with Crippen LogP contribution in [0, 0.1) is 24.7 Å². The molecule has 0 radical (unpaired) electrons. The SMILES string of the molecule is Cc1nc(C#Cc2ccnc(Cl)c2)cn1CC(C)C. The van der Waals surface area contributed by atoms with Crippen LogP contribution in [-0.4, -0.2) is 14.5 Å². The van der Waals surface area contributed by atoms with Crippen molar-refractivity contribution in [3.05, 3.63) is 46.8 Å². The molecule has 0 aliphatic rings. The minimum absolute atomic E-state index is 0.452. The summed E-state index contributed by atoms with van der Waals surface area (Å²) in [5.74, 6) is 7.68. The van der Waals surface area contributed by atoms with E-state index in [1.807, 2.05) is 19.2 Å². The van der Waals surface area contributed by atoms with Gasteiger partial charge in [0.05, 0.1) is 0 Å². The van der Waals surface area contributed by atoms with Crippen molar-refractivity contribution in [3.63, 3.8) is 0 Å². The maximum absolute atomic E-state index is 5.81. The summed E-state index contributed by atoms with van der Waals surface area (Å²) in [5.41, 5.74) is 1.63. The van der Waals surface area contributed by atoms with E-state index in [9.17, 15) is 0 Å². The number of imidazole rings is 1. The molecule has 0 unspecified atom stereocenters. The number of aromatic nitrogens is 3. The molecule has 2 heterocycles. The van der Waals surface area contributed by atoms with E-state index in [-0.39, 0.29) is 0 Å². The van der Waals surface area contributed by atoms with Crippen LogP contribution >= 0.6 is 11.6 Å². The second kappa shape index (κ2) is 5.90. The highest BCUT2D eigenvalue weighted by Crippen LogP contribution is 2.08. The zero-order chi connectivity index (χ0) is 13.8. The lowest BCUT2D eigenvalue weighted by Crippen LogP contribution is -2.04. The molecule has 0 amide bonds. The second-order valence-corrected chi connectivity index (χ2v) is 5.22. The molecule has 2 aromatic rings. The molecule has 98 valence electrons. The Balaban J connectivity index is 2.21. The van der Waals surface area contributed by atoms with E-state index in [1.165, 1.54) is 0 Å². The molecule has 2 aromatic heterocycles. The molecule has 4 heteroatoms. The Labute approximate surface area is 118 Å². The average Bonchev–Trinajstić information content (AvgIpc) is 2.67. The van der Waals surface area contributed by atoms with Gasteiger partial charge in [-0.25, -0.2) is 9.97 Å². The van der Waals surface area contributed by atoms with Crippen molar-refractivity contribution < 1.29 is 0 Å². The van der Waals surface area contributed by atoms with Crippen molar-refractivity contribution in [2.75, 3.05) is 0 Å². The Morgan fingerprint density at radius 3 is 2.84 bits per heavy atom. The van der Waals surface area contributed by atoms with Gasteiger partial charge >= 0.3 is 0 Å². The summed E-state index contributed by atoms with van der Waals surface area (Å²) in [6, 6.07) is 3.57. The smallest absolute Gasteiger partial charge is 0.131 e. The largest absolute Gasteiger partial charge is 0.334 e. The van der Waals surface area contributed by atoms with Gasteiger partial charge in [0, 0.05) is 24.5 Å². The lowest BCUT2D eigenvalue weighted by molar-refractivity contribution is 0.514. The molecular weight excluding hydrogens is 258 g/mol.